The van der Waals surface area contributed by atoms with E-state index in [9.17, 15) is 0 Å². The first-order valence-corrected chi connectivity index (χ1v) is 8.24. The van der Waals surface area contributed by atoms with Gasteiger partial charge in [0.05, 0.1) is 0 Å². The molecule has 12 heteroatoms. The predicted molar refractivity (Wildman–Crippen MR) is 99.9 cm³/mol. The molecule has 1 aromatic heterocycles. The second kappa shape index (κ2) is 13.0. The lowest BCUT2D eigenvalue weighted by Gasteiger charge is -1.98. The van der Waals surface area contributed by atoms with Gasteiger partial charge >= 0.3 is 23.9 Å². The molecule has 0 radical (unpaired) electrons. The Morgan fingerprint density at radius 3 is 2.00 bits per heavy atom. The number of hydrogen-bond donors (Lipinski definition) is 6. The van der Waals surface area contributed by atoms with Crippen LogP contribution in [0, 0.1) is 0 Å². The summed E-state index contributed by atoms with van der Waals surface area (Å²) in [7, 11) is 1.95. The Morgan fingerprint density at radius 2 is 1.57 bits per heavy atom. The highest BCUT2D eigenvalue weighted by Gasteiger charge is 2.05. The summed E-state index contributed by atoms with van der Waals surface area (Å²) in [5.41, 5.74) is 2.26. The van der Waals surface area contributed by atoms with E-state index in [4.69, 9.17) is 39.6 Å². The maximum atomic E-state index is 9.10. The quantitative estimate of drug-likeness (QED) is 0.358. The number of carboxylic acid groups (broad SMARTS) is 4. The third-order valence-electron chi connectivity index (χ3n) is 2.74. The fourth-order valence-electron chi connectivity index (χ4n) is 1.53. The van der Waals surface area contributed by atoms with Gasteiger partial charge in [-0.05, 0) is 19.2 Å². The number of aliphatic carboxylic acids is 4. The molecule has 6 N–H and O–H groups in total. The number of H-pyrrole nitrogens is 1. The third-order valence-corrected chi connectivity index (χ3v) is 3.23. The molecule has 2 aromatic rings. The Hall–Kier alpha value is -3.25. The number of aromatic nitrogens is 2. The number of carbonyl (C=O) groups is 4. The summed E-state index contributed by atoms with van der Waals surface area (Å²) in [5, 5.41) is 32.7. The van der Waals surface area contributed by atoms with E-state index in [1.807, 2.05) is 31.4 Å². The van der Waals surface area contributed by atoms with Crippen LogP contribution in [0.5, 0.6) is 0 Å². The number of benzene rings is 1. The fourth-order valence-corrected chi connectivity index (χ4v) is 1.93. The topological polar surface area (TPSA) is 190 Å². The molecule has 0 saturated heterocycles. The molecule has 152 valence electrons. The van der Waals surface area contributed by atoms with Crippen LogP contribution >= 0.6 is 15.9 Å². The zero-order chi connectivity index (χ0) is 21.7. The van der Waals surface area contributed by atoms with Crippen LogP contribution in [0.4, 0.5) is 0 Å². The number of carboxylic acids is 4. The molecule has 11 nitrogen and oxygen atoms in total. The van der Waals surface area contributed by atoms with Gasteiger partial charge in [0, 0.05) is 34.9 Å². The van der Waals surface area contributed by atoms with E-state index in [0.29, 0.717) is 0 Å². The van der Waals surface area contributed by atoms with Crippen LogP contribution in [0.2, 0.25) is 0 Å². The van der Waals surface area contributed by atoms with Gasteiger partial charge in [-0.1, -0.05) is 28.1 Å². The van der Waals surface area contributed by atoms with Crippen molar-refractivity contribution in [1.82, 2.24) is 15.3 Å². The van der Waals surface area contributed by atoms with Gasteiger partial charge in [-0.15, -0.1) is 0 Å². The lowest BCUT2D eigenvalue weighted by atomic mass is 10.2. The van der Waals surface area contributed by atoms with Gasteiger partial charge in [0.1, 0.15) is 5.82 Å². The van der Waals surface area contributed by atoms with Gasteiger partial charge in [0.2, 0.25) is 0 Å². The maximum Gasteiger partial charge on any atom is 0.414 e. The van der Waals surface area contributed by atoms with Crippen molar-refractivity contribution in [1.29, 1.82) is 0 Å². The van der Waals surface area contributed by atoms with Crippen molar-refractivity contribution in [2.24, 2.45) is 0 Å². The summed E-state index contributed by atoms with van der Waals surface area (Å²) in [5.74, 6) is -6.37. The summed E-state index contributed by atoms with van der Waals surface area (Å²) < 4.78 is 1.07. The largest absolute Gasteiger partial charge is 0.473 e. The van der Waals surface area contributed by atoms with Gasteiger partial charge in [-0.25, -0.2) is 24.2 Å². The van der Waals surface area contributed by atoms with Crippen molar-refractivity contribution >= 4 is 39.8 Å². The molecule has 0 aliphatic carbocycles. The SMILES string of the molecule is CNCCc1cnc(-c2cccc(Br)c2)[nH]1.O=C(O)C(=O)O.O=C(O)C(=O)O. The average Bonchev–Trinajstić information content (AvgIpc) is 3.10. The molecule has 0 bridgehead atoms. The molecule has 0 fully saturated rings. The minimum absolute atomic E-state index is 0.924. The summed E-state index contributed by atoms with van der Waals surface area (Å²) in [4.78, 5) is 44.1. The van der Waals surface area contributed by atoms with Gasteiger partial charge in [0.25, 0.3) is 0 Å². The standard InChI is InChI=1S/C12H14BrN3.2C2H2O4/c1-14-6-5-11-8-15-12(16-11)9-3-2-4-10(13)7-9;2*3-1(4)2(5)6/h2-4,7-8,14H,5-6H2,1H3,(H,15,16);2*(H,3,4)(H,5,6). The zero-order valence-electron chi connectivity index (χ0n) is 14.5. The number of aromatic amines is 1. The summed E-state index contributed by atoms with van der Waals surface area (Å²) in [6, 6.07) is 8.12. The number of nitrogens with one attached hydrogen (secondary N) is 2. The zero-order valence-corrected chi connectivity index (χ0v) is 16.1. The minimum Gasteiger partial charge on any atom is -0.473 e. The van der Waals surface area contributed by atoms with Crippen LogP contribution in [-0.4, -0.2) is 67.9 Å². The van der Waals surface area contributed by atoms with E-state index in [0.717, 1.165) is 34.5 Å². The van der Waals surface area contributed by atoms with Crippen LogP contribution in [-0.2, 0) is 25.6 Å². The molecule has 2 rings (SSSR count). The first kappa shape index (κ1) is 24.8. The van der Waals surface area contributed by atoms with E-state index in [2.05, 4.69) is 37.3 Å². The molecule has 0 saturated carbocycles. The molecule has 0 aliphatic heterocycles. The highest BCUT2D eigenvalue weighted by Crippen LogP contribution is 2.20. The average molecular weight is 460 g/mol. The van der Waals surface area contributed by atoms with Gasteiger partial charge in [0.15, 0.2) is 0 Å². The van der Waals surface area contributed by atoms with E-state index >= 15 is 0 Å². The molecule has 0 amide bonds. The van der Waals surface area contributed by atoms with Crippen molar-refractivity contribution in [3.8, 4) is 11.4 Å². The van der Waals surface area contributed by atoms with Crippen LogP contribution in [0.25, 0.3) is 11.4 Å². The number of hydrogen-bond acceptors (Lipinski definition) is 6. The Morgan fingerprint density at radius 1 is 1.04 bits per heavy atom. The van der Waals surface area contributed by atoms with Crippen LogP contribution in [0.1, 0.15) is 5.69 Å². The normalized spacial score (nSPS) is 9.21. The summed E-state index contributed by atoms with van der Waals surface area (Å²) in [6.45, 7) is 0.958. The monoisotopic (exact) mass is 459 g/mol. The Balaban J connectivity index is 0.000000505. The highest BCUT2D eigenvalue weighted by molar-refractivity contribution is 9.10. The minimum atomic E-state index is -1.82. The van der Waals surface area contributed by atoms with Crippen molar-refractivity contribution in [3.05, 3.63) is 40.6 Å². The number of imidazole rings is 1. The van der Waals surface area contributed by atoms with Crippen molar-refractivity contribution in [2.45, 2.75) is 6.42 Å². The van der Waals surface area contributed by atoms with Crippen molar-refractivity contribution < 1.29 is 39.6 Å². The fraction of sp³-hybridized carbons (Fsp3) is 0.188. The molecular weight excluding hydrogens is 442 g/mol. The molecule has 0 atom stereocenters. The highest BCUT2D eigenvalue weighted by atomic mass is 79.9. The number of nitrogens with zero attached hydrogens (tertiary/aromatic N) is 1. The third kappa shape index (κ3) is 10.7. The maximum absolute atomic E-state index is 9.10. The Labute approximate surface area is 167 Å². The lowest BCUT2D eigenvalue weighted by molar-refractivity contribution is -0.159. The molecule has 28 heavy (non-hydrogen) atoms. The van der Waals surface area contributed by atoms with Gasteiger partial charge in [-0.2, -0.15) is 0 Å². The Bertz CT molecular complexity index is 774. The second-order valence-corrected chi connectivity index (χ2v) is 5.76. The first-order valence-electron chi connectivity index (χ1n) is 7.45. The molecule has 0 spiro atoms. The smallest absolute Gasteiger partial charge is 0.414 e. The van der Waals surface area contributed by atoms with E-state index in [1.165, 1.54) is 0 Å². The summed E-state index contributed by atoms with van der Waals surface area (Å²) >= 11 is 3.46. The Kier molecular flexibility index (Phi) is 11.5. The van der Waals surface area contributed by atoms with E-state index < -0.39 is 23.9 Å². The summed E-state index contributed by atoms with van der Waals surface area (Å²) in [6.07, 6.45) is 2.87. The van der Waals surface area contributed by atoms with E-state index in [1.54, 1.807) is 0 Å². The number of rotatable bonds is 4. The number of halogens is 1. The molecular formula is C16H18BrN3O8. The van der Waals surface area contributed by atoms with Crippen LogP contribution in [0.15, 0.2) is 34.9 Å². The molecule has 0 aliphatic rings. The van der Waals surface area contributed by atoms with Gasteiger partial charge in [-0.3, -0.25) is 0 Å². The first-order chi connectivity index (χ1) is 13.1. The van der Waals surface area contributed by atoms with Gasteiger partial charge < -0.3 is 30.7 Å². The van der Waals surface area contributed by atoms with E-state index in [-0.39, 0.29) is 0 Å². The number of likely N-dealkylation sites (N-methyl/N-ethyl adjacent to an activating group) is 1. The van der Waals surface area contributed by atoms with Crippen molar-refractivity contribution in [2.75, 3.05) is 13.6 Å². The molecule has 0 unspecified atom stereocenters. The van der Waals surface area contributed by atoms with Crippen molar-refractivity contribution in [3.63, 3.8) is 0 Å². The molecule has 1 aromatic carbocycles. The molecule has 1 heterocycles. The second-order valence-electron chi connectivity index (χ2n) is 4.84. The predicted octanol–water partition coefficient (Wildman–Crippen LogP) is 0.912. The van der Waals surface area contributed by atoms with Crippen LogP contribution in [0.3, 0.4) is 0 Å². The lowest BCUT2D eigenvalue weighted by Crippen LogP contribution is -2.10. The van der Waals surface area contributed by atoms with Crippen LogP contribution < -0.4 is 5.32 Å².